The van der Waals surface area contributed by atoms with E-state index in [1.807, 2.05) is 11.3 Å². The van der Waals surface area contributed by atoms with Gasteiger partial charge in [-0.1, -0.05) is 41.5 Å². The number of carboxylic acid groups (broad SMARTS) is 1. The molecule has 1 aromatic carbocycles. The summed E-state index contributed by atoms with van der Waals surface area (Å²) in [4.78, 5) is 15.0. The van der Waals surface area contributed by atoms with E-state index in [0.29, 0.717) is 5.92 Å². The molecule has 0 spiro atoms. The predicted molar refractivity (Wildman–Crippen MR) is 121 cm³/mol. The number of aromatic hydroxyl groups is 1. The summed E-state index contributed by atoms with van der Waals surface area (Å²) in [5.41, 5.74) is 3.83. The molecule has 0 fully saturated rings. The number of hydrogen-bond acceptors (Lipinski definition) is 4. The molecule has 3 rings (SSSR count). The maximum atomic E-state index is 11.3. The number of nitrogens with zero attached hydrogens (tertiary/aromatic N) is 1. The number of thiophene rings is 1. The van der Waals surface area contributed by atoms with Gasteiger partial charge in [-0.15, -0.1) is 11.3 Å². The zero-order chi connectivity index (χ0) is 21.7. The molecule has 0 bridgehead atoms. The highest BCUT2D eigenvalue weighted by atomic mass is 32.1. The lowest BCUT2D eigenvalue weighted by Crippen LogP contribution is -2.32. The summed E-state index contributed by atoms with van der Waals surface area (Å²) >= 11 is 1.86. The first-order valence-corrected chi connectivity index (χ1v) is 11.1. The number of benzene rings is 1. The summed E-state index contributed by atoms with van der Waals surface area (Å²) in [5, 5.41) is 20.7. The van der Waals surface area contributed by atoms with Crippen molar-refractivity contribution in [1.29, 1.82) is 0 Å². The van der Waals surface area contributed by atoms with E-state index in [1.165, 1.54) is 39.9 Å². The summed E-state index contributed by atoms with van der Waals surface area (Å²) in [6.45, 7) is 16.7. The van der Waals surface area contributed by atoms with Crippen molar-refractivity contribution in [2.75, 3.05) is 11.4 Å². The van der Waals surface area contributed by atoms with E-state index in [9.17, 15) is 15.0 Å². The lowest BCUT2D eigenvalue weighted by atomic mass is 9.66. The van der Waals surface area contributed by atoms with Crippen LogP contribution in [-0.2, 0) is 10.8 Å². The second-order valence-corrected chi connectivity index (χ2v) is 11.0. The third kappa shape index (κ3) is 3.89. The summed E-state index contributed by atoms with van der Waals surface area (Å²) in [5.74, 6) is -0.894. The summed E-state index contributed by atoms with van der Waals surface area (Å²) in [6.07, 6.45) is 2.34. The first kappa shape index (κ1) is 21.7. The van der Waals surface area contributed by atoms with Gasteiger partial charge in [0.1, 0.15) is 11.3 Å². The lowest BCUT2D eigenvalue weighted by Gasteiger charge is -2.39. The fourth-order valence-corrected chi connectivity index (χ4v) is 6.10. The Hall–Kier alpha value is -2.01. The van der Waals surface area contributed by atoms with Crippen molar-refractivity contribution < 1.29 is 15.0 Å². The Bertz CT molecular complexity index is 940. The minimum absolute atomic E-state index is 0.0669. The second-order valence-electron chi connectivity index (χ2n) is 10.0. The van der Waals surface area contributed by atoms with Gasteiger partial charge in [0.05, 0.1) is 5.00 Å². The van der Waals surface area contributed by atoms with Crippen LogP contribution < -0.4 is 4.90 Å². The summed E-state index contributed by atoms with van der Waals surface area (Å²) in [7, 11) is 0. The van der Waals surface area contributed by atoms with E-state index in [-0.39, 0.29) is 22.1 Å². The van der Waals surface area contributed by atoms with Crippen molar-refractivity contribution in [2.24, 2.45) is 5.92 Å². The fraction of sp³-hybridized carbons (Fsp3) is 0.542. The molecule has 0 amide bonds. The van der Waals surface area contributed by atoms with Gasteiger partial charge in [0, 0.05) is 23.2 Å². The Morgan fingerprint density at radius 2 is 1.79 bits per heavy atom. The third-order valence-corrected chi connectivity index (χ3v) is 7.79. The van der Waals surface area contributed by atoms with Crippen LogP contribution >= 0.6 is 11.3 Å². The Morgan fingerprint density at radius 1 is 1.17 bits per heavy atom. The van der Waals surface area contributed by atoms with Crippen LogP contribution in [-0.4, -0.2) is 22.7 Å². The molecule has 1 aliphatic carbocycles. The van der Waals surface area contributed by atoms with Crippen molar-refractivity contribution in [3.8, 4) is 5.75 Å². The van der Waals surface area contributed by atoms with Gasteiger partial charge in [-0.05, 0) is 59.8 Å². The van der Waals surface area contributed by atoms with Crippen LogP contribution in [0.15, 0.2) is 18.2 Å². The number of rotatable bonds is 5. The molecule has 1 aromatic heterocycles. The van der Waals surface area contributed by atoms with Gasteiger partial charge in [-0.2, -0.15) is 0 Å². The first-order chi connectivity index (χ1) is 13.3. The van der Waals surface area contributed by atoms with Crippen molar-refractivity contribution >= 4 is 28.0 Å². The average Bonchev–Trinajstić information content (AvgIpc) is 2.96. The molecule has 158 valence electrons. The van der Waals surface area contributed by atoms with Gasteiger partial charge in [0.15, 0.2) is 0 Å². The molecule has 0 saturated heterocycles. The molecule has 0 aliphatic heterocycles. The quantitative estimate of drug-likeness (QED) is 0.577. The summed E-state index contributed by atoms with van der Waals surface area (Å²) < 4.78 is 0. The molecule has 4 nitrogen and oxygen atoms in total. The Kier molecular flexibility index (Phi) is 5.50. The van der Waals surface area contributed by atoms with Gasteiger partial charge in [-0.25, -0.2) is 4.79 Å². The van der Waals surface area contributed by atoms with Crippen LogP contribution in [0.1, 0.15) is 80.7 Å². The molecule has 0 atom stereocenters. The molecule has 5 heteroatoms. The largest absolute Gasteiger partial charge is 0.507 e. The normalized spacial score (nSPS) is 17.2. The highest BCUT2D eigenvalue weighted by molar-refractivity contribution is 7.16. The van der Waals surface area contributed by atoms with Crippen LogP contribution in [0, 0.1) is 12.8 Å². The van der Waals surface area contributed by atoms with Crippen LogP contribution in [0.3, 0.4) is 0 Å². The number of aromatic carboxylic acids is 1. The van der Waals surface area contributed by atoms with Gasteiger partial charge >= 0.3 is 5.97 Å². The Balaban J connectivity index is 2.18. The lowest BCUT2D eigenvalue weighted by molar-refractivity contribution is 0.0694. The number of fused-ring (bicyclic) bond motifs is 1. The minimum Gasteiger partial charge on any atom is -0.507 e. The summed E-state index contributed by atoms with van der Waals surface area (Å²) in [6, 6.07) is 4.89. The first-order valence-electron chi connectivity index (χ1n) is 10.3. The van der Waals surface area contributed by atoms with Crippen molar-refractivity contribution in [3.63, 3.8) is 0 Å². The average molecular weight is 416 g/mol. The molecule has 0 unspecified atom stereocenters. The maximum absolute atomic E-state index is 11.3. The highest BCUT2D eigenvalue weighted by Gasteiger charge is 2.41. The molecule has 0 saturated carbocycles. The topological polar surface area (TPSA) is 60.8 Å². The highest BCUT2D eigenvalue weighted by Crippen LogP contribution is 2.54. The van der Waals surface area contributed by atoms with E-state index in [2.05, 4.69) is 53.4 Å². The van der Waals surface area contributed by atoms with Gasteiger partial charge in [-0.3, -0.25) is 0 Å². The predicted octanol–water partition coefficient (Wildman–Crippen LogP) is 6.60. The fourth-order valence-electron chi connectivity index (χ4n) is 4.45. The van der Waals surface area contributed by atoms with Crippen molar-refractivity contribution in [2.45, 2.75) is 72.1 Å². The number of hydrogen-bond donors (Lipinski definition) is 2. The molecule has 1 aliphatic rings. The van der Waals surface area contributed by atoms with Crippen LogP contribution in [0.25, 0.3) is 0 Å². The van der Waals surface area contributed by atoms with Crippen LogP contribution in [0.2, 0.25) is 0 Å². The molecule has 2 N–H and O–H groups in total. The number of anilines is 2. The van der Waals surface area contributed by atoms with E-state index in [4.69, 9.17) is 0 Å². The molecule has 0 radical (unpaired) electrons. The second kappa shape index (κ2) is 7.35. The molecule has 2 aromatic rings. The Labute approximate surface area is 178 Å². The van der Waals surface area contributed by atoms with Gasteiger partial charge < -0.3 is 15.1 Å². The zero-order valence-electron chi connectivity index (χ0n) is 18.6. The van der Waals surface area contributed by atoms with E-state index < -0.39 is 5.97 Å². The smallest absolute Gasteiger partial charge is 0.339 e. The number of carbonyl (C=O) groups is 1. The van der Waals surface area contributed by atoms with Crippen molar-refractivity contribution in [1.82, 2.24) is 0 Å². The number of carboxylic acids is 1. The van der Waals surface area contributed by atoms with Gasteiger partial charge in [0.25, 0.3) is 0 Å². The zero-order valence-corrected chi connectivity index (χ0v) is 19.4. The minimum atomic E-state index is -1.12. The molecule has 29 heavy (non-hydrogen) atoms. The van der Waals surface area contributed by atoms with E-state index >= 15 is 0 Å². The van der Waals surface area contributed by atoms with E-state index in [0.717, 1.165) is 12.2 Å². The van der Waals surface area contributed by atoms with Crippen LogP contribution in [0.4, 0.5) is 10.7 Å². The molecule has 1 heterocycles. The standard InChI is InChI=1S/C24H33NO3S/c1-14(2)13-25(16-8-9-17(22(27)28)18(26)12-16)21-15(3)19-20(29-21)24(6,7)11-10-23(19,4)5/h8-9,12,14,26H,10-11,13H2,1-7H3,(H,27,28). The SMILES string of the molecule is Cc1c(N(CC(C)C)c2ccc(C(=O)O)c(O)c2)sc2c1C(C)(C)CCC2(C)C. The maximum Gasteiger partial charge on any atom is 0.339 e. The third-order valence-electron chi connectivity index (χ3n) is 6.10. The van der Waals surface area contributed by atoms with E-state index in [1.54, 1.807) is 12.1 Å². The molecular formula is C24H33NO3S. The van der Waals surface area contributed by atoms with Crippen molar-refractivity contribution in [3.05, 3.63) is 39.8 Å². The number of phenols is 1. The van der Waals surface area contributed by atoms with Gasteiger partial charge in [0.2, 0.25) is 0 Å². The monoisotopic (exact) mass is 415 g/mol. The molecular weight excluding hydrogens is 382 g/mol. The Morgan fingerprint density at radius 3 is 2.31 bits per heavy atom. The van der Waals surface area contributed by atoms with Crippen LogP contribution in [0.5, 0.6) is 5.75 Å².